The molecule has 0 spiro atoms. The number of Topliss-reactive ketones (excluding diaryl/α,β-unsaturated/α-hetero) is 1. The van der Waals surface area contributed by atoms with Crippen LogP contribution in [0, 0.1) is 0 Å². The number of rotatable bonds is 8. The number of methoxy groups -OCH3 is 1. The second-order valence-corrected chi connectivity index (χ2v) is 6.81. The minimum atomic E-state index is -0.0901. The van der Waals surface area contributed by atoms with E-state index in [1.54, 1.807) is 13.2 Å². The van der Waals surface area contributed by atoms with Crippen LogP contribution in [0.15, 0.2) is 67.3 Å². The molecule has 1 aromatic heterocycles. The Kier molecular flexibility index (Phi) is 10.8. The molecule has 32 heavy (non-hydrogen) atoms. The van der Waals surface area contributed by atoms with Crippen LogP contribution < -0.4 is 4.74 Å². The minimum absolute atomic E-state index is 0.0901. The van der Waals surface area contributed by atoms with E-state index in [1.807, 2.05) is 69.3 Å². The molecule has 2 aromatic rings. The number of carbonyl (C=O) groups excluding carboxylic acids is 1. The van der Waals surface area contributed by atoms with Gasteiger partial charge in [-0.2, -0.15) is 0 Å². The summed E-state index contributed by atoms with van der Waals surface area (Å²) in [5.41, 5.74) is 6.65. The van der Waals surface area contributed by atoms with Crippen molar-refractivity contribution < 1.29 is 14.6 Å². The highest BCUT2D eigenvalue weighted by atomic mass is 16.5. The maximum Gasteiger partial charge on any atom is 0.164 e. The van der Waals surface area contributed by atoms with Crippen LogP contribution in [0.5, 0.6) is 5.75 Å². The molecule has 4 heteroatoms. The second kappa shape index (κ2) is 13.0. The molecule has 1 aromatic carbocycles. The molecule has 0 unspecified atom stereocenters. The van der Waals surface area contributed by atoms with Gasteiger partial charge in [0, 0.05) is 18.2 Å². The van der Waals surface area contributed by atoms with E-state index in [9.17, 15) is 4.79 Å². The Morgan fingerprint density at radius 2 is 1.69 bits per heavy atom. The molecular formula is C28H33NO3. The predicted molar refractivity (Wildman–Crippen MR) is 137 cm³/mol. The van der Waals surface area contributed by atoms with Gasteiger partial charge in [-0.3, -0.25) is 4.79 Å². The van der Waals surface area contributed by atoms with Gasteiger partial charge < -0.3 is 9.84 Å². The van der Waals surface area contributed by atoms with Gasteiger partial charge in [0.1, 0.15) is 5.69 Å². The third kappa shape index (κ3) is 5.80. The first kappa shape index (κ1) is 26.5. The summed E-state index contributed by atoms with van der Waals surface area (Å²) in [6.07, 6.45) is 11.4. The molecule has 1 N–H and O–H groups in total. The van der Waals surface area contributed by atoms with E-state index in [0.29, 0.717) is 28.3 Å². The van der Waals surface area contributed by atoms with Crippen molar-refractivity contribution in [3.8, 4) is 17.0 Å². The van der Waals surface area contributed by atoms with E-state index < -0.39 is 0 Å². The molecule has 0 aliphatic rings. The summed E-state index contributed by atoms with van der Waals surface area (Å²) in [6.45, 7) is 15.2. The predicted octanol–water partition coefficient (Wildman–Crippen LogP) is 6.78. The van der Waals surface area contributed by atoms with Gasteiger partial charge in [0.2, 0.25) is 0 Å². The largest absolute Gasteiger partial charge is 0.494 e. The Balaban J connectivity index is 0.00000249. The Hall–Kier alpha value is -3.50. The fourth-order valence-electron chi connectivity index (χ4n) is 3.38. The molecule has 1 heterocycles. The number of aliphatic hydroxyl groups is 1. The number of hydrogen-bond donors (Lipinski definition) is 1. The molecular weight excluding hydrogens is 398 g/mol. The van der Waals surface area contributed by atoms with Gasteiger partial charge in [0.05, 0.1) is 18.4 Å². The number of aliphatic hydroxyl groups excluding tert-OH is 1. The van der Waals surface area contributed by atoms with Crippen molar-refractivity contribution >= 4 is 23.5 Å². The summed E-state index contributed by atoms with van der Waals surface area (Å²) in [6, 6.07) is 8.08. The van der Waals surface area contributed by atoms with Gasteiger partial charge >= 0.3 is 0 Å². The Bertz CT molecular complexity index is 1060. The third-order valence-electron chi connectivity index (χ3n) is 4.84. The third-order valence-corrected chi connectivity index (χ3v) is 4.84. The van der Waals surface area contributed by atoms with Gasteiger partial charge in [0.15, 0.2) is 11.5 Å². The first-order valence-electron chi connectivity index (χ1n) is 10.3. The number of allylic oxidation sites excluding steroid dienone is 6. The van der Waals surface area contributed by atoms with E-state index in [0.717, 1.165) is 29.4 Å². The highest BCUT2D eigenvalue weighted by Crippen LogP contribution is 2.37. The molecule has 0 radical (unpaired) electrons. The molecule has 0 saturated carbocycles. The molecule has 0 bridgehead atoms. The summed E-state index contributed by atoms with van der Waals surface area (Å²) in [5, 5.41) is 7.00. The van der Waals surface area contributed by atoms with E-state index >= 15 is 0 Å². The number of ketones is 1. The standard InChI is InChI=1S/C27H29NO2.CH4O/c1-8-12-23(18(5)10-3)20-14-16-21(17-15-20)26-27(30-7)25(19(6)29)22(11-4)24(28-26)13-9-2;1-2/h8-17H,3-4H2,1-2,5-7H3;2H,1H3/b12-8-,13-9-,23-18+;. The highest BCUT2D eigenvalue weighted by Gasteiger charge is 2.22. The fourth-order valence-corrected chi connectivity index (χ4v) is 3.38. The van der Waals surface area contributed by atoms with Crippen LogP contribution in [0.25, 0.3) is 29.0 Å². The summed E-state index contributed by atoms with van der Waals surface area (Å²) in [7, 11) is 2.56. The average molecular weight is 432 g/mol. The molecule has 0 saturated heterocycles. The number of hydrogen-bond acceptors (Lipinski definition) is 4. The molecule has 168 valence electrons. The number of benzene rings is 1. The van der Waals surface area contributed by atoms with Crippen molar-refractivity contribution in [3.63, 3.8) is 0 Å². The van der Waals surface area contributed by atoms with E-state index in [2.05, 4.69) is 19.2 Å². The average Bonchev–Trinajstić information content (AvgIpc) is 2.82. The minimum Gasteiger partial charge on any atom is -0.494 e. The number of aromatic nitrogens is 1. The Labute approximate surface area is 192 Å². The molecule has 0 amide bonds. The van der Waals surface area contributed by atoms with Crippen LogP contribution in [-0.2, 0) is 0 Å². The first-order chi connectivity index (χ1) is 15.4. The van der Waals surface area contributed by atoms with Gasteiger partial charge in [0.25, 0.3) is 0 Å². The summed E-state index contributed by atoms with van der Waals surface area (Å²) < 4.78 is 5.65. The lowest BCUT2D eigenvalue weighted by molar-refractivity contribution is 0.101. The van der Waals surface area contributed by atoms with Crippen molar-refractivity contribution in [2.75, 3.05) is 14.2 Å². The van der Waals surface area contributed by atoms with E-state index in [-0.39, 0.29) is 5.78 Å². The second-order valence-electron chi connectivity index (χ2n) is 6.81. The summed E-state index contributed by atoms with van der Waals surface area (Å²) in [4.78, 5) is 17.3. The molecule has 0 aliphatic carbocycles. The quantitative estimate of drug-likeness (QED) is 0.370. The van der Waals surface area contributed by atoms with E-state index in [4.69, 9.17) is 14.8 Å². The van der Waals surface area contributed by atoms with Crippen molar-refractivity contribution in [1.29, 1.82) is 0 Å². The molecule has 4 nitrogen and oxygen atoms in total. The van der Waals surface area contributed by atoms with Gasteiger partial charge in [-0.15, -0.1) is 0 Å². The number of carbonyl (C=O) groups is 1. The van der Waals surface area contributed by atoms with Gasteiger partial charge in [-0.05, 0) is 50.5 Å². The lowest BCUT2D eigenvalue weighted by Crippen LogP contribution is -2.07. The number of pyridine rings is 1. The van der Waals surface area contributed by atoms with Gasteiger partial charge in [-0.1, -0.05) is 67.8 Å². The zero-order valence-electron chi connectivity index (χ0n) is 19.9. The Morgan fingerprint density at radius 1 is 1.06 bits per heavy atom. The topological polar surface area (TPSA) is 59.4 Å². The number of nitrogens with zero attached hydrogens (tertiary/aromatic N) is 1. The zero-order valence-corrected chi connectivity index (χ0v) is 19.9. The molecule has 0 fully saturated rings. The van der Waals surface area contributed by atoms with E-state index in [1.165, 1.54) is 6.92 Å². The van der Waals surface area contributed by atoms with Crippen molar-refractivity contribution in [1.82, 2.24) is 4.98 Å². The monoisotopic (exact) mass is 431 g/mol. The molecule has 0 atom stereocenters. The first-order valence-corrected chi connectivity index (χ1v) is 10.3. The maximum absolute atomic E-state index is 12.5. The Morgan fingerprint density at radius 3 is 2.12 bits per heavy atom. The maximum atomic E-state index is 12.5. The molecule has 2 rings (SSSR count). The van der Waals surface area contributed by atoms with Crippen LogP contribution in [0.3, 0.4) is 0 Å². The summed E-state index contributed by atoms with van der Waals surface area (Å²) >= 11 is 0. The molecule has 0 aliphatic heterocycles. The number of ether oxygens (including phenoxy) is 1. The fraction of sp³-hybridized carbons (Fsp3) is 0.214. The van der Waals surface area contributed by atoms with Crippen molar-refractivity contribution in [2.24, 2.45) is 0 Å². The lowest BCUT2D eigenvalue weighted by atomic mass is 9.95. The van der Waals surface area contributed by atoms with Crippen LogP contribution in [0.1, 0.15) is 54.9 Å². The van der Waals surface area contributed by atoms with Crippen molar-refractivity contribution in [2.45, 2.75) is 27.7 Å². The van der Waals surface area contributed by atoms with Crippen LogP contribution in [0.4, 0.5) is 0 Å². The van der Waals surface area contributed by atoms with Gasteiger partial charge in [-0.25, -0.2) is 4.98 Å². The van der Waals surface area contributed by atoms with Crippen LogP contribution >= 0.6 is 0 Å². The smallest absolute Gasteiger partial charge is 0.164 e. The van der Waals surface area contributed by atoms with Crippen LogP contribution in [-0.4, -0.2) is 30.1 Å². The zero-order chi connectivity index (χ0) is 24.3. The van der Waals surface area contributed by atoms with Crippen molar-refractivity contribution in [3.05, 3.63) is 89.7 Å². The normalized spacial score (nSPS) is 11.6. The highest BCUT2D eigenvalue weighted by molar-refractivity contribution is 6.03. The summed E-state index contributed by atoms with van der Waals surface area (Å²) in [5.74, 6) is 0.373. The lowest BCUT2D eigenvalue weighted by Gasteiger charge is -2.17. The SMILES string of the molecule is C=C/C(C)=C(\C=C/C)c1ccc(-c2nc(/C=C\C)c(C=C)c(C(C)=O)c2OC)cc1.CO. The van der Waals surface area contributed by atoms with Crippen LogP contribution in [0.2, 0.25) is 0 Å².